The van der Waals surface area contributed by atoms with Gasteiger partial charge in [-0.25, -0.2) is 0 Å². The molecule has 2 aromatic heterocycles. The monoisotopic (exact) mass is 334 g/mol. The zero-order valence-corrected chi connectivity index (χ0v) is 13.9. The summed E-state index contributed by atoms with van der Waals surface area (Å²) in [6.07, 6.45) is 4.73. The largest absolute Gasteiger partial charge is 0.476 e. The molecule has 0 aromatic carbocycles. The molecule has 1 aliphatic carbocycles. The van der Waals surface area contributed by atoms with E-state index in [1.165, 1.54) is 11.6 Å². The molecule has 0 aliphatic heterocycles. The Morgan fingerprint density at radius 3 is 3.21 bits per heavy atom. The number of aromatic nitrogens is 3. The van der Waals surface area contributed by atoms with Gasteiger partial charge in [0.1, 0.15) is 0 Å². The molecule has 8 heteroatoms. The molecule has 0 radical (unpaired) electrons. The topological polar surface area (TPSA) is 91.4 Å². The maximum Gasteiger partial charge on any atom is 0.290 e. The molecule has 130 valence electrons. The molecule has 0 saturated heterocycles. The van der Waals surface area contributed by atoms with Crippen molar-refractivity contribution in [3.63, 3.8) is 0 Å². The molecular formula is C16H22N4O4. The minimum atomic E-state index is -0.300. The summed E-state index contributed by atoms with van der Waals surface area (Å²) >= 11 is 0. The van der Waals surface area contributed by atoms with Crippen LogP contribution in [-0.4, -0.2) is 41.2 Å². The number of aryl methyl sites for hydroxylation is 1. The number of carbonyl (C=O) groups excluding carboxylic acids is 1. The quantitative estimate of drug-likeness (QED) is 0.829. The van der Waals surface area contributed by atoms with E-state index in [0.717, 1.165) is 25.0 Å². The Labute approximate surface area is 140 Å². The van der Waals surface area contributed by atoms with Gasteiger partial charge in [0.15, 0.2) is 0 Å². The van der Waals surface area contributed by atoms with Gasteiger partial charge in [-0.15, -0.1) is 0 Å². The van der Waals surface area contributed by atoms with Gasteiger partial charge in [0.25, 0.3) is 11.8 Å². The molecule has 0 bridgehead atoms. The third-order valence-electron chi connectivity index (χ3n) is 4.05. The van der Waals surface area contributed by atoms with Crippen molar-refractivity contribution in [1.82, 2.24) is 20.3 Å². The number of methoxy groups -OCH3 is 1. The van der Waals surface area contributed by atoms with Gasteiger partial charge in [0.2, 0.25) is 5.76 Å². The fourth-order valence-electron chi connectivity index (χ4n) is 2.97. The van der Waals surface area contributed by atoms with Crippen molar-refractivity contribution in [2.45, 2.75) is 38.8 Å². The summed E-state index contributed by atoms with van der Waals surface area (Å²) in [5.41, 5.74) is 2.23. The van der Waals surface area contributed by atoms with Crippen LogP contribution in [0.3, 0.4) is 0 Å². The van der Waals surface area contributed by atoms with E-state index < -0.39 is 0 Å². The molecule has 8 nitrogen and oxygen atoms in total. The second-order valence-electron chi connectivity index (χ2n) is 5.65. The van der Waals surface area contributed by atoms with Crippen LogP contribution in [0.15, 0.2) is 16.8 Å². The lowest BCUT2D eigenvalue weighted by atomic mass is 9.93. The van der Waals surface area contributed by atoms with Crippen LogP contribution in [0.4, 0.5) is 0 Å². The number of rotatable bonds is 7. The third-order valence-corrected chi connectivity index (χ3v) is 4.05. The summed E-state index contributed by atoms with van der Waals surface area (Å²) in [5, 5.41) is 11.2. The average Bonchev–Trinajstić information content (AvgIpc) is 3.21. The molecule has 2 heterocycles. The van der Waals surface area contributed by atoms with Gasteiger partial charge in [0.05, 0.1) is 43.8 Å². The van der Waals surface area contributed by atoms with Crippen LogP contribution in [0.5, 0.6) is 5.88 Å². The fraction of sp³-hybridized carbons (Fsp3) is 0.562. The van der Waals surface area contributed by atoms with Crippen molar-refractivity contribution in [2.75, 3.05) is 20.3 Å². The molecule has 1 atom stereocenters. The first-order valence-electron chi connectivity index (χ1n) is 8.16. The van der Waals surface area contributed by atoms with Crippen molar-refractivity contribution < 1.29 is 18.8 Å². The highest BCUT2D eigenvalue weighted by Gasteiger charge is 2.27. The minimum absolute atomic E-state index is 0.0961. The molecule has 1 unspecified atom stereocenters. The van der Waals surface area contributed by atoms with Gasteiger partial charge < -0.3 is 19.3 Å². The highest BCUT2D eigenvalue weighted by molar-refractivity contribution is 5.91. The van der Waals surface area contributed by atoms with E-state index in [2.05, 4.69) is 15.6 Å². The highest BCUT2D eigenvalue weighted by atomic mass is 16.5. The van der Waals surface area contributed by atoms with Crippen LogP contribution in [0.2, 0.25) is 0 Å². The molecule has 1 aliphatic rings. The SMILES string of the molecule is CCOc1cc(C(=O)NC2CCCc3cnn(CCOC)c32)on1. The molecule has 24 heavy (non-hydrogen) atoms. The number of hydrogen-bond donors (Lipinski definition) is 1. The van der Waals surface area contributed by atoms with E-state index in [1.54, 1.807) is 7.11 Å². The van der Waals surface area contributed by atoms with Gasteiger partial charge in [-0.3, -0.25) is 9.48 Å². The predicted molar refractivity (Wildman–Crippen MR) is 84.9 cm³/mol. The lowest BCUT2D eigenvalue weighted by Gasteiger charge is -2.25. The Hall–Kier alpha value is -2.35. The number of ether oxygens (including phenoxy) is 2. The van der Waals surface area contributed by atoms with Crippen molar-refractivity contribution in [1.29, 1.82) is 0 Å². The molecule has 2 aromatic rings. The maximum absolute atomic E-state index is 12.4. The van der Waals surface area contributed by atoms with Gasteiger partial charge in [0, 0.05) is 7.11 Å². The first kappa shape index (κ1) is 16.5. The minimum Gasteiger partial charge on any atom is -0.476 e. The second kappa shape index (κ2) is 7.48. The first-order chi connectivity index (χ1) is 11.7. The number of hydrogen-bond acceptors (Lipinski definition) is 6. The summed E-state index contributed by atoms with van der Waals surface area (Å²) in [5.74, 6) is 0.163. The molecule has 0 spiro atoms. The van der Waals surface area contributed by atoms with E-state index in [0.29, 0.717) is 25.6 Å². The summed E-state index contributed by atoms with van der Waals surface area (Å²) in [6.45, 7) is 3.56. The Kier molecular flexibility index (Phi) is 5.14. The number of fused-ring (bicyclic) bond motifs is 1. The van der Waals surface area contributed by atoms with E-state index in [9.17, 15) is 4.79 Å². The van der Waals surface area contributed by atoms with Crippen LogP contribution in [0.1, 0.15) is 47.6 Å². The van der Waals surface area contributed by atoms with Gasteiger partial charge in [-0.05, 0) is 36.9 Å². The number of nitrogens with one attached hydrogen (secondary N) is 1. The lowest BCUT2D eigenvalue weighted by Crippen LogP contribution is -2.32. The number of nitrogens with zero attached hydrogens (tertiary/aromatic N) is 3. The lowest BCUT2D eigenvalue weighted by molar-refractivity contribution is 0.0892. The standard InChI is InChI=1S/C16H22N4O4/c1-3-23-14-9-13(24-19-14)16(21)18-12-6-4-5-11-10-17-20(15(11)12)7-8-22-2/h9-10,12H,3-8H2,1-2H3,(H,18,21). The second-order valence-corrected chi connectivity index (χ2v) is 5.65. The molecule has 0 saturated carbocycles. The van der Waals surface area contributed by atoms with Crippen LogP contribution in [0.25, 0.3) is 0 Å². The van der Waals surface area contributed by atoms with Crippen molar-refractivity contribution in [2.24, 2.45) is 0 Å². The predicted octanol–water partition coefficient (Wildman–Crippen LogP) is 1.72. The van der Waals surface area contributed by atoms with Crippen molar-refractivity contribution in [3.05, 3.63) is 29.3 Å². The number of amides is 1. The summed E-state index contributed by atoms with van der Waals surface area (Å²) in [4.78, 5) is 12.4. The van der Waals surface area contributed by atoms with Crippen LogP contribution in [-0.2, 0) is 17.7 Å². The molecule has 1 amide bonds. The van der Waals surface area contributed by atoms with E-state index in [1.807, 2.05) is 17.8 Å². The van der Waals surface area contributed by atoms with E-state index in [4.69, 9.17) is 14.0 Å². The smallest absolute Gasteiger partial charge is 0.290 e. The van der Waals surface area contributed by atoms with E-state index >= 15 is 0 Å². The summed E-state index contributed by atoms with van der Waals surface area (Å²) < 4.78 is 17.3. The number of carbonyl (C=O) groups is 1. The zero-order chi connectivity index (χ0) is 16.9. The summed E-state index contributed by atoms with van der Waals surface area (Å²) in [7, 11) is 1.66. The Bertz CT molecular complexity index is 694. The molecular weight excluding hydrogens is 312 g/mol. The van der Waals surface area contributed by atoms with Crippen molar-refractivity contribution >= 4 is 5.91 Å². The normalized spacial score (nSPS) is 16.7. The van der Waals surface area contributed by atoms with E-state index in [-0.39, 0.29) is 17.7 Å². The summed E-state index contributed by atoms with van der Waals surface area (Å²) in [6, 6.07) is 1.41. The fourth-order valence-corrected chi connectivity index (χ4v) is 2.97. The van der Waals surface area contributed by atoms with Gasteiger partial charge in [-0.1, -0.05) is 0 Å². The Morgan fingerprint density at radius 1 is 1.54 bits per heavy atom. The molecule has 1 N–H and O–H groups in total. The van der Waals surface area contributed by atoms with Gasteiger partial charge in [-0.2, -0.15) is 5.10 Å². The molecule has 3 rings (SSSR count). The highest BCUT2D eigenvalue weighted by Crippen LogP contribution is 2.30. The van der Waals surface area contributed by atoms with Crippen LogP contribution >= 0.6 is 0 Å². The third kappa shape index (κ3) is 3.43. The molecule has 0 fully saturated rings. The Balaban J connectivity index is 1.74. The first-order valence-corrected chi connectivity index (χ1v) is 8.16. The van der Waals surface area contributed by atoms with Crippen LogP contribution in [0, 0.1) is 0 Å². The average molecular weight is 334 g/mol. The van der Waals surface area contributed by atoms with Crippen molar-refractivity contribution in [3.8, 4) is 5.88 Å². The van der Waals surface area contributed by atoms with Gasteiger partial charge >= 0.3 is 0 Å². The maximum atomic E-state index is 12.4. The zero-order valence-electron chi connectivity index (χ0n) is 13.9. The Morgan fingerprint density at radius 2 is 2.42 bits per heavy atom. The van der Waals surface area contributed by atoms with Crippen LogP contribution < -0.4 is 10.1 Å².